The van der Waals surface area contributed by atoms with Crippen LogP contribution in [0.3, 0.4) is 0 Å². The van der Waals surface area contributed by atoms with Crippen LogP contribution in [0, 0.1) is 13.8 Å². The summed E-state index contributed by atoms with van der Waals surface area (Å²) in [5.41, 5.74) is 1.48. The van der Waals surface area contributed by atoms with Crippen molar-refractivity contribution in [2.75, 3.05) is 13.2 Å². The molecule has 0 fully saturated rings. The van der Waals surface area contributed by atoms with E-state index in [0.717, 1.165) is 16.0 Å². The molecule has 0 saturated carbocycles. The molecule has 0 radical (unpaired) electrons. The van der Waals surface area contributed by atoms with Gasteiger partial charge in [-0.2, -0.15) is 0 Å². The van der Waals surface area contributed by atoms with Gasteiger partial charge in [0, 0.05) is 20.8 Å². The summed E-state index contributed by atoms with van der Waals surface area (Å²) in [7, 11) is 0. The first-order chi connectivity index (χ1) is 13.7. The highest BCUT2D eigenvalue weighted by Gasteiger charge is 2.25. The van der Waals surface area contributed by atoms with E-state index in [1.807, 2.05) is 0 Å². The highest BCUT2D eigenvalue weighted by molar-refractivity contribution is 7.21. The number of aryl methyl sites for hydroxylation is 1. The molecule has 0 bridgehead atoms. The third kappa shape index (κ3) is 4.17. The standard InChI is InChI=1S/C20H17Cl2NO5S/c1-4-27-19(25)15-9(2)17(23-10(15)3)13(24)8-28-20(26)18-16(22)12-6-5-11(21)7-14(12)29-18/h5-7,23H,4,8H2,1-3H3. The first-order valence-electron chi connectivity index (χ1n) is 8.68. The average molecular weight is 454 g/mol. The molecule has 0 amide bonds. The minimum absolute atomic E-state index is 0.198. The predicted octanol–water partition coefficient (Wildman–Crippen LogP) is 5.37. The quantitative estimate of drug-likeness (QED) is 0.400. The Hall–Kier alpha value is -2.35. The number of carbonyl (C=O) groups is 3. The van der Waals surface area contributed by atoms with Crippen molar-refractivity contribution in [3.63, 3.8) is 0 Å². The van der Waals surface area contributed by atoms with Crippen molar-refractivity contribution in [2.45, 2.75) is 20.8 Å². The molecule has 0 saturated heterocycles. The number of aromatic amines is 1. The number of halogens is 2. The van der Waals surface area contributed by atoms with Crippen LogP contribution in [0.4, 0.5) is 0 Å². The van der Waals surface area contributed by atoms with Crippen molar-refractivity contribution in [3.05, 3.63) is 55.6 Å². The van der Waals surface area contributed by atoms with E-state index < -0.39 is 24.3 Å². The lowest BCUT2D eigenvalue weighted by atomic mass is 10.1. The van der Waals surface area contributed by atoms with Gasteiger partial charge in [-0.05, 0) is 38.5 Å². The molecule has 3 aromatic rings. The molecule has 0 aliphatic rings. The number of ketones is 1. The number of benzene rings is 1. The summed E-state index contributed by atoms with van der Waals surface area (Å²) in [5.74, 6) is -1.67. The van der Waals surface area contributed by atoms with E-state index in [1.54, 1.807) is 39.0 Å². The summed E-state index contributed by atoms with van der Waals surface area (Å²) >= 11 is 13.4. The van der Waals surface area contributed by atoms with Gasteiger partial charge in [0.1, 0.15) is 4.88 Å². The number of aromatic nitrogens is 1. The summed E-state index contributed by atoms with van der Waals surface area (Å²) < 4.78 is 10.9. The first-order valence-corrected chi connectivity index (χ1v) is 10.3. The number of fused-ring (bicyclic) bond motifs is 1. The van der Waals surface area contributed by atoms with Gasteiger partial charge in [-0.1, -0.05) is 29.3 Å². The van der Waals surface area contributed by atoms with E-state index in [1.165, 1.54) is 0 Å². The average Bonchev–Trinajstić information content (AvgIpc) is 3.15. The topological polar surface area (TPSA) is 85.5 Å². The summed E-state index contributed by atoms with van der Waals surface area (Å²) in [6.45, 7) is 4.74. The number of hydrogen-bond donors (Lipinski definition) is 1. The van der Waals surface area contributed by atoms with Crippen LogP contribution in [0.1, 0.15) is 48.7 Å². The van der Waals surface area contributed by atoms with Crippen LogP contribution in [0.2, 0.25) is 10.0 Å². The Morgan fingerprint density at radius 3 is 2.52 bits per heavy atom. The van der Waals surface area contributed by atoms with Gasteiger partial charge in [-0.25, -0.2) is 9.59 Å². The molecule has 9 heteroatoms. The Kier molecular flexibility index (Phi) is 6.31. The molecule has 0 aliphatic carbocycles. The Bertz CT molecular complexity index is 1130. The Balaban J connectivity index is 1.76. The van der Waals surface area contributed by atoms with Gasteiger partial charge in [-0.15, -0.1) is 11.3 Å². The lowest BCUT2D eigenvalue weighted by molar-refractivity contribution is 0.0477. The van der Waals surface area contributed by atoms with E-state index >= 15 is 0 Å². The third-order valence-corrected chi connectivity index (χ3v) is 6.18. The van der Waals surface area contributed by atoms with Crippen molar-refractivity contribution in [3.8, 4) is 0 Å². The summed E-state index contributed by atoms with van der Waals surface area (Å²) in [5, 5.41) is 1.48. The second-order valence-electron chi connectivity index (χ2n) is 6.23. The maximum absolute atomic E-state index is 12.5. The van der Waals surface area contributed by atoms with E-state index in [2.05, 4.69) is 4.98 Å². The van der Waals surface area contributed by atoms with Crippen LogP contribution < -0.4 is 0 Å². The van der Waals surface area contributed by atoms with Crippen molar-refractivity contribution >= 4 is 62.3 Å². The second-order valence-corrected chi connectivity index (χ2v) is 8.10. The van der Waals surface area contributed by atoms with Crippen LogP contribution in [0.25, 0.3) is 10.1 Å². The minimum Gasteiger partial charge on any atom is -0.462 e. The third-order valence-electron chi connectivity index (χ3n) is 4.31. The molecule has 0 atom stereocenters. The summed E-state index contributed by atoms with van der Waals surface area (Å²) in [6.07, 6.45) is 0. The van der Waals surface area contributed by atoms with Gasteiger partial charge < -0.3 is 14.5 Å². The van der Waals surface area contributed by atoms with E-state index in [0.29, 0.717) is 27.2 Å². The largest absolute Gasteiger partial charge is 0.462 e. The monoisotopic (exact) mass is 453 g/mol. The number of esters is 2. The zero-order valence-electron chi connectivity index (χ0n) is 15.9. The van der Waals surface area contributed by atoms with Gasteiger partial charge in [-0.3, -0.25) is 4.79 Å². The lowest BCUT2D eigenvalue weighted by Crippen LogP contribution is -2.15. The second kappa shape index (κ2) is 8.57. The van der Waals surface area contributed by atoms with Crippen LogP contribution in [-0.2, 0) is 9.47 Å². The van der Waals surface area contributed by atoms with Crippen LogP contribution in [0.15, 0.2) is 18.2 Å². The van der Waals surface area contributed by atoms with Crippen molar-refractivity contribution in [2.24, 2.45) is 0 Å². The number of H-pyrrole nitrogens is 1. The number of carbonyl (C=O) groups excluding carboxylic acids is 3. The SMILES string of the molecule is CCOC(=O)c1c(C)[nH]c(C(=O)COC(=O)c2sc3cc(Cl)ccc3c2Cl)c1C. The van der Waals surface area contributed by atoms with Crippen molar-refractivity contribution in [1.82, 2.24) is 4.98 Å². The van der Waals surface area contributed by atoms with E-state index in [4.69, 9.17) is 32.7 Å². The highest BCUT2D eigenvalue weighted by atomic mass is 35.5. The fraction of sp³-hybridized carbons (Fsp3) is 0.250. The molecule has 152 valence electrons. The summed E-state index contributed by atoms with van der Waals surface area (Å²) in [4.78, 5) is 40.1. The van der Waals surface area contributed by atoms with Gasteiger partial charge in [0.2, 0.25) is 5.78 Å². The van der Waals surface area contributed by atoms with Crippen molar-refractivity contribution in [1.29, 1.82) is 0 Å². The number of rotatable bonds is 6. The minimum atomic E-state index is -0.702. The van der Waals surface area contributed by atoms with Gasteiger partial charge >= 0.3 is 11.9 Å². The zero-order valence-corrected chi connectivity index (χ0v) is 18.2. The van der Waals surface area contributed by atoms with Gasteiger partial charge in [0.15, 0.2) is 6.61 Å². The predicted molar refractivity (Wildman–Crippen MR) is 113 cm³/mol. The molecule has 6 nitrogen and oxygen atoms in total. The Morgan fingerprint density at radius 2 is 1.83 bits per heavy atom. The van der Waals surface area contributed by atoms with E-state index in [-0.39, 0.29) is 22.2 Å². The van der Waals surface area contributed by atoms with E-state index in [9.17, 15) is 14.4 Å². The smallest absolute Gasteiger partial charge is 0.350 e. The maximum Gasteiger partial charge on any atom is 0.350 e. The molecule has 0 spiro atoms. The molecule has 29 heavy (non-hydrogen) atoms. The lowest BCUT2D eigenvalue weighted by Gasteiger charge is -2.04. The molecule has 3 rings (SSSR count). The zero-order chi connectivity index (χ0) is 21.3. The van der Waals surface area contributed by atoms with Crippen LogP contribution in [-0.4, -0.2) is 35.9 Å². The maximum atomic E-state index is 12.5. The van der Waals surface area contributed by atoms with Gasteiger partial charge in [0.25, 0.3) is 0 Å². The molecule has 2 aromatic heterocycles. The van der Waals surface area contributed by atoms with Crippen LogP contribution in [0.5, 0.6) is 0 Å². The van der Waals surface area contributed by atoms with Gasteiger partial charge in [0.05, 0.1) is 22.9 Å². The highest BCUT2D eigenvalue weighted by Crippen LogP contribution is 2.37. The first kappa shape index (κ1) is 21.4. The number of hydrogen-bond acceptors (Lipinski definition) is 6. The molecule has 1 aromatic carbocycles. The Labute approximate surface area is 180 Å². The molecule has 0 aliphatic heterocycles. The summed E-state index contributed by atoms with van der Waals surface area (Å²) in [6, 6.07) is 5.11. The number of thiophene rings is 1. The number of nitrogens with one attached hydrogen (secondary N) is 1. The molecular weight excluding hydrogens is 437 g/mol. The number of ether oxygens (including phenoxy) is 2. The Morgan fingerprint density at radius 1 is 1.10 bits per heavy atom. The number of Topliss-reactive ketones (excluding diaryl/α,β-unsaturated/α-hetero) is 1. The normalized spacial score (nSPS) is 10.9. The van der Waals surface area contributed by atoms with Crippen LogP contribution >= 0.6 is 34.5 Å². The molecule has 0 unspecified atom stereocenters. The fourth-order valence-corrected chi connectivity index (χ4v) is 4.66. The molecule has 1 N–H and O–H groups in total. The van der Waals surface area contributed by atoms with Crippen molar-refractivity contribution < 1.29 is 23.9 Å². The molecular formula is C20H17Cl2NO5S. The fourth-order valence-electron chi connectivity index (χ4n) is 2.98. The molecule has 2 heterocycles.